The van der Waals surface area contributed by atoms with E-state index in [2.05, 4.69) is 5.32 Å². The Morgan fingerprint density at radius 2 is 1.72 bits per heavy atom. The SMILES string of the molecule is COc1cc(C(=O)N(C)C2CCSCC2)cc(NC(=O)C2CCCCC2)c1OC. The number of carbonyl (C=O) groups excluding carboxylic acids is 2. The molecule has 0 aromatic heterocycles. The average Bonchev–Trinajstić information content (AvgIpc) is 2.78. The van der Waals surface area contributed by atoms with Gasteiger partial charge in [-0.1, -0.05) is 19.3 Å². The Balaban J connectivity index is 1.84. The zero-order valence-corrected chi connectivity index (χ0v) is 18.5. The van der Waals surface area contributed by atoms with Crippen LogP contribution in [0.4, 0.5) is 5.69 Å². The Morgan fingerprint density at radius 3 is 2.34 bits per heavy atom. The average molecular weight is 421 g/mol. The van der Waals surface area contributed by atoms with Crippen LogP contribution < -0.4 is 14.8 Å². The number of carbonyl (C=O) groups is 2. The first-order chi connectivity index (χ1) is 14.0. The van der Waals surface area contributed by atoms with Gasteiger partial charge in [-0.2, -0.15) is 11.8 Å². The van der Waals surface area contributed by atoms with Crippen LogP contribution in [-0.2, 0) is 4.79 Å². The molecule has 29 heavy (non-hydrogen) atoms. The highest BCUT2D eigenvalue weighted by atomic mass is 32.2. The minimum Gasteiger partial charge on any atom is -0.493 e. The van der Waals surface area contributed by atoms with Crippen molar-refractivity contribution < 1.29 is 19.1 Å². The van der Waals surface area contributed by atoms with Crippen LogP contribution in [-0.4, -0.2) is 55.5 Å². The van der Waals surface area contributed by atoms with Crippen LogP contribution in [0.25, 0.3) is 0 Å². The van der Waals surface area contributed by atoms with Crippen LogP contribution in [0.3, 0.4) is 0 Å². The van der Waals surface area contributed by atoms with Gasteiger partial charge < -0.3 is 19.7 Å². The number of hydrogen-bond donors (Lipinski definition) is 1. The molecule has 1 aromatic rings. The van der Waals surface area contributed by atoms with E-state index >= 15 is 0 Å². The van der Waals surface area contributed by atoms with Gasteiger partial charge in [0.2, 0.25) is 5.91 Å². The lowest BCUT2D eigenvalue weighted by atomic mass is 9.88. The maximum absolute atomic E-state index is 13.2. The van der Waals surface area contributed by atoms with Gasteiger partial charge in [0.05, 0.1) is 19.9 Å². The molecular formula is C22H32N2O4S. The van der Waals surface area contributed by atoms with Crippen molar-refractivity contribution in [1.82, 2.24) is 4.90 Å². The van der Waals surface area contributed by atoms with Crippen LogP contribution in [0, 0.1) is 5.92 Å². The fourth-order valence-electron chi connectivity index (χ4n) is 4.22. The van der Waals surface area contributed by atoms with Gasteiger partial charge in [-0.25, -0.2) is 0 Å². The van der Waals surface area contributed by atoms with E-state index in [1.165, 1.54) is 6.42 Å². The molecule has 1 aliphatic carbocycles. The molecule has 2 fully saturated rings. The number of nitrogens with one attached hydrogen (secondary N) is 1. The highest BCUT2D eigenvalue weighted by Crippen LogP contribution is 2.38. The monoisotopic (exact) mass is 420 g/mol. The first-order valence-corrected chi connectivity index (χ1v) is 11.6. The Bertz CT molecular complexity index is 728. The molecule has 1 aliphatic heterocycles. The van der Waals surface area contributed by atoms with E-state index in [1.54, 1.807) is 26.4 Å². The zero-order valence-electron chi connectivity index (χ0n) is 17.7. The van der Waals surface area contributed by atoms with E-state index in [0.717, 1.165) is 50.0 Å². The quantitative estimate of drug-likeness (QED) is 0.747. The molecule has 0 unspecified atom stereocenters. The largest absolute Gasteiger partial charge is 0.493 e. The molecule has 0 atom stereocenters. The Morgan fingerprint density at radius 1 is 1.03 bits per heavy atom. The maximum atomic E-state index is 13.2. The number of anilines is 1. The summed E-state index contributed by atoms with van der Waals surface area (Å²) in [4.78, 5) is 27.8. The van der Waals surface area contributed by atoms with E-state index in [-0.39, 0.29) is 23.8 Å². The van der Waals surface area contributed by atoms with E-state index in [0.29, 0.717) is 22.7 Å². The summed E-state index contributed by atoms with van der Waals surface area (Å²) in [7, 11) is 4.95. The molecule has 7 heteroatoms. The lowest BCUT2D eigenvalue weighted by Gasteiger charge is -2.31. The second kappa shape index (κ2) is 10.2. The number of ether oxygens (including phenoxy) is 2. The molecule has 1 saturated heterocycles. The molecule has 1 saturated carbocycles. The lowest BCUT2D eigenvalue weighted by molar-refractivity contribution is -0.120. The topological polar surface area (TPSA) is 67.9 Å². The van der Waals surface area contributed by atoms with Crippen molar-refractivity contribution in [2.45, 2.75) is 51.0 Å². The molecule has 3 rings (SSSR count). The molecule has 1 heterocycles. The standard InChI is InChI=1S/C22H32N2O4S/c1-24(17-9-11-29-12-10-17)22(26)16-13-18(20(28-3)19(14-16)27-2)23-21(25)15-7-5-4-6-8-15/h13-15,17H,4-12H2,1-3H3,(H,23,25). The first kappa shape index (κ1) is 21.8. The molecule has 0 bridgehead atoms. The van der Waals surface area contributed by atoms with E-state index in [1.807, 2.05) is 23.7 Å². The summed E-state index contributed by atoms with van der Waals surface area (Å²) in [6.45, 7) is 0. The van der Waals surface area contributed by atoms with Gasteiger partial charge >= 0.3 is 0 Å². The van der Waals surface area contributed by atoms with Gasteiger partial charge in [-0.3, -0.25) is 9.59 Å². The predicted molar refractivity (Wildman–Crippen MR) is 117 cm³/mol. The number of methoxy groups -OCH3 is 2. The molecule has 0 spiro atoms. The maximum Gasteiger partial charge on any atom is 0.254 e. The summed E-state index contributed by atoms with van der Waals surface area (Å²) in [5.41, 5.74) is 1.00. The second-order valence-corrected chi connectivity index (χ2v) is 9.07. The van der Waals surface area contributed by atoms with Crippen molar-refractivity contribution >= 4 is 29.3 Å². The Kier molecular flexibility index (Phi) is 7.70. The van der Waals surface area contributed by atoms with E-state index in [9.17, 15) is 9.59 Å². The van der Waals surface area contributed by atoms with E-state index < -0.39 is 0 Å². The Labute approximate surface area is 177 Å². The second-order valence-electron chi connectivity index (χ2n) is 7.84. The van der Waals surface area contributed by atoms with Gasteiger partial charge in [0.25, 0.3) is 5.91 Å². The molecule has 0 radical (unpaired) electrons. The van der Waals surface area contributed by atoms with Crippen LogP contribution in [0.2, 0.25) is 0 Å². The van der Waals surface area contributed by atoms with Crippen molar-refractivity contribution in [2.75, 3.05) is 38.1 Å². The molecule has 1 aromatic carbocycles. The molecule has 2 amide bonds. The van der Waals surface area contributed by atoms with Crippen molar-refractivity contribution in [3.05, 3.63) is 17.7 Å². The number of amides is 2. The van der Waals surface area contributed by atoms with Gasteiger partial charge in [-0.05, 0) is 49.3 Å². The summed E-state index contributed by atoms with van der Waals surface area (Å²) in [5, 5.41) is 3.00. The van der Waals surface area contributed by atoms with Crippen LogP contribution in [0.5, 0.6) is 11.5 Å². The third-order valence-electron chi connectivity index (χ3n) is 6.02. The summed E-state index contributed by atoms with van der Waals surface area (Å²) in [6.07, 6.45) is 7.19. The van der Waals surface area contributed by atoms with Crippen molar-refractivity contribution in [2.24, 2.45) is 5.92 Å². The third kappa shape index (κ3) is 5.18. The highest BCUT2D eigenvalue weighted by molar-refractivity contribution is 7.99. The first-order valence-electron chi connectivity index (χ1n) is 10.5. The molecule has 1 N–H and O–H groups in total. The van der Waals surface area contributed by atoms with Crippen molar-refractivity contribution in [3.63, 3.8) is 0 Å². The smallest absolute Gasteiger partial charge is 0.254 e. The number of hydrogen-bond acceptors (Lipinski definition) is 5. The van der Waals surface area contributed by atoms with Gasteiger partial charge in [0.1, 0.15) is 0 Å². The summed E-state index contributed by atoms with van der Waals surface area (Å²) in [6, 6.07) is 3.67. The molecule has 6 nitrogen and oxygen atoms in total. The predicted octanol–water partition coefficient (Wildman–Crippen LogP) is 4.19. The number of rotatable bonds is 6. The number of benzene rings is 1. The number of nitrogens with zero attached hydrogens (tertiary/aromatic N) is 1. The van der Waals surface area contributed by atoms with Crippen LogP contribution in [0.15, 0.2) is 12.1 Å². The van der Waals surface area contributed by atoms with Crippen molar-refractivity contribution in [3.8, 4) is 11.5 Å². The fourth-order valence-corrected chi connectivity index (χ4v) is 5.30. The van der Waals surface area contributed by atoms with Gasteiger partial charge in [-0.15, -0.1) is 0 Å². The lowest BCUT2D eigenvalue weighted by Crippen LogP contribution is -2.39. The van der Waals surface area contributed by atoms with Crippen LogP contribution in [0.1, 0.15) is 55.3 Å². The summed E-state index contributed by atoms with van der Waals surface area (Å²) in [5.74, 6) is 3.01. The summed E-state index contributed by atoms with van der Waals surface area (Å²) >= 11 is 1.94. The zero-order chi connectivity index (χ0) is 20.8. The Hall–Kier alpha value is -1.89. The minimum absolute atomic E-state index is 0.00712. The summed E-state index contributed by atoms with van der Waals surface area (Å²) < 4.78 is 11.0. The highest BCUT2D eigenvalue weighted by Gasteiger charge is 2.27. The fraction of sp³-hybridized carbons (Fsp3) is 0.636. The van der Waals surface area contributed by atoms with Crippen molar-refractivity contribution in [1.29, 1.82) is 0 Å². The van der Waals surface area contributed by atoms with Gasteiger partial charge in [0.15, 0.2) is 11.5 Å². The third-order valence-corrected chi connectivity index (χ3v) is 7.07. The van der Waals surface area contributed by atoms with E-state index in [4.69, 9.17) is 9.47 Å². The minimum atomic E-state index is -0.0592. The normalized spacial score (nSPS) is 18.2. The number of thioether (sulfide) groups is 1. The van der Waals surface area contributed by atoms with Crippen LogP contribution >= 0.6 is 11.8 Å². The molecule has 2 aliphatic rings. The van der Waals surface area contributed by atoms with Gasteiger partial charge in [0, 0.05) is 24.6 Å². The molecule has 160 valence electrons. The molecular weight excluding hydrogens is 388 g/mol.